The summed E-state index contributed by atoms with van der Waals surface area (Å²) in [6.45, 7) is 9.37. The topological polar surface area (TPSA) is 43.4 Å². The van der Waals surface area contributed by atoms with E-state index in [1.807, 2.05) is 6.92 Å². The van der Waals surface area contributed by atoms with Crippen molar-refractivity contribution in [3.63, 3.8) is 0 Å². The van der Waals surface area contributed by atoms with Crippen LogP contribution in [0.1, 0.15) is 81.3 Å². The van der Waals surface area contributed by atoms with Gasteiger partial charge in [-0.2, -0.15) is 13.2 Å². The number of Topliss-reactive ketones (excluding diaryl/α,β-unsaturated/α-hetero) is 1. The number of carbonyl (C=O) groups excluding carboxylic acids is 1. The molecule has 0 spiro atoms. The Morgan fingerprint density at radius 3 is 2.03 bits per heavy atom. The van der Waals surface area contributed by atoms with Gasteiger partial charge in [0.1, 0.15) is 11.2 Å². The molecule has 0 amide bonds. The molecule has 2 rings (SSSR count). The summed E-state index contributed by atoms with van der Waals surface area (Å²) in [5.41, 5.74) is -1.56. The van der Waals surface area contributed by atoms with E-state index in [-0.39, 0.29) is 11.1 Å². The minimum Gasteiger partial charge on any atom is -0.494 e. The summed E-state index contributed by atoms with van der Waals surface area (Å²) in [6, 6.07) is 12.2. The van der Waals surface area contributed by atoms with Gasteiger partial charge >= 0.3 is 6.18 Å². The third kappa shape index (κ3) is 7.92. The smallest absolute Gasteiger partial charge is 0.399 e. The monoisotopic (exact) mass is 510 g/mol. The van der Waals surface area contributed by atoms with Crippen LogP contribution in [-0.2, 0) is 16.2 Å². The van der Waals surface area contributed by atoms with Crippen LogP contribution < -0.4 is 4.74 Å². The summed E-state index contributed by atoms with van der Waals surface area (Å²) in [5, 5.41) is 0. The number of ketones is 1. The molecule has 0 radical (unpaired) electrons. The first-order valence-electron chi connectivity index (χ1n) is 12.1. The number of benzene rings is 2. The SMILES string of the molecule is CCCCCCOc1ccc([C@](CC(=O)c2ccc(C)cc2)(CS(=O)C(C)(C)C)C(F)(F)F)cc1. The Hall–Kier alpha value is -2.15. The number of halogens is 3. The van der Waals surface area contributed by atoms with E-state index in [1.54, 1.807) is 32.9 Å². The van der Waals surface area contributed by atoms with E-state index in [2.05, 4.69) is 6.92 Å². The molecule has 0 fully saturated rings. The minimum atomic E-state index is -4.79. The average Bonchev–Trinajstić information content (AvgIpc) is 2.77. The van der Waals surface area contributed by atoms with E-state index < -0.39 is 45.1 Å². The van der Waals surface area contributed by atoms with Crippen LogP contribution in [0, 0.1) is 6.92 Å². The zero-order valence-corrected chi connectivity index (χ0v) is 22.2. The normalized spacial score (nSPS) is 14.9. The van der Waals surface area contributed by atoms with Crippen LogP contribution in [0.5, 0.6) is 5.75 Å². The van der Waals surface area contributed by atoms with Crippen molar-refractivity contribution < 1.29 is 26.9 Å². The highest BCUT2D eigenvalue weighted by Crippen LogP contribution is 2.46. The maximum Gasteiger partial charge on any atom is 0.399 e. The number of hydrogen-bond donors (Lipinski definition) is 0. The molecule has 0 bridgehead atoms. The van der Waals surface area contributed by atoms with Gasteiger partial charge in [-0.05, 0) is 51.8 Å². The molecular formula is C28H37F3O3S. The summed E-state index contributed by atoms with van der Waals surface area (Å²) < 4.78 is 62.4. The van der Waals surface area contributed by atoms with E-state index in [0.29, 0.717) is 12.4 Å². The highest BCUT2D eigenvalue weighted by atomic mass is 32.2. The Morgan fingerprint density at radius 1 is 0.914 bits per heavy atom. The van der Waals surface area contributed by atoms with E-state index >= 15 is 0 Å². The highest BCUT2D eigenvalue weighted by molar-refractivity contribution is 7.86. The third-order valence-electron chi connectivity index (χ3n) is 6.11. The number of carbonyl (C=O) groups is 1. The highest BCUT2D eigenvalue weighted by Gasteiger charge is 2.58. The van der Waals surface area contributed by atoms with Gasteiger partial charge in [0.15, 0.2) is 5.78 Å². The average molecular weight is 511 g/mol. The second-order valence-electron chi connectivity index (χ2n) is 10.1. The number of unbranched alkanes of at least 4 members (excludes halogenated alkanes) is 3. The molecule has 0 aromatic heterocycles. The summed E-state index contributed by atoms with van der Waals surface area (Å²) >= 11 is 0. The molecule has 2 aromatic rings. The van der Waals surface area contributed by atoms with Crippen molar-refractivity contribution in [3.05, 3.63) is 65.2 Å². The Kier molecular flexibility index (Phi) is 10.1. The van der Waals surface area contributed by atoms with Crippen LogP contribution in [0.4, 0.5) is 13.2 Å². The standard InChI is InChI=1S/C28H37F3O3S/c1-6-7-8-9-18-34-24-16-14-23(15-17-24)27(28(29,30)31,20-35(33)26(3,4)5)19-25(32)22-12-10-21(2)11-13-22/h10-17H,6-9,18-20H2,1-5H3/t27-,35?/m0/s1. The molecule has 0 saturated carbocycles. The van der Waals surface area contributed by atoms with Gasteiger partial charge in [-0.1, -0.05) is 68.1 Å². The van der Waals surface area contributed by atoms with Crippen LogP contribution in [0.3, 0.4) is 0 Å². The largest absolute Gasteiger partial charge is 0.494 e. The fraction of sp³-hybridized carbons (Fsp3) is 0.536. The first-order valence-corrected chi connectivity index (χ1v) is 13.4. The van der Waals surface area contributed by atoms with Gasteiger partial charge in [-0.25, -0.2) is 0 Å². The molecule has 0 aliphatic rings. The maximum absolute atomic E-state index is 14.9. The number of ether oxygens (including phenoxy) is 1. The maximum atomic E-state index is 14.9. The van der Waals surface area contributed by atoms with Crippen molar-refractivity contribution >= 4 is 16.6 Å². The number of rotatable bonds is 12. The summed E-state index contributed by atoms with van der Waals surface area (Å²) in [4.78, 5) is 13.1. The molecule has 35 heavy (non-hydrogen) atoms. The lowest BCUT2D eigenvalue weighted by Gasteiger charge is -2.37. The molecule has 0 aliphatic carbocycles. The zero-order valence-electron chi connectivity index (χ0n) is 21.3. The number of alkyl halides is 3. The Bertz CT molecular complexity index is 976. The predicted molar refractivity (Wildman–Crippen MR) is 137 cm³/mol. The lowest BCUT2D eigenvalue weighted by Crippen LogP contribution is -2.50. The zero-order chi connectivity index (χ0) is 26.3. The molecule has 194 valence electrons. The van der Waals surface area contributed by atoms with Crippen molar-refractivity contribution in [1.29, 1.82) is 0 Å². The van der Waals surface area contributed by atoms with Crippen molar-refractivity contribution in [1.82, 2.24) is 0 Å². The van der Waals surface area contributed by atoms with Gasteiger partial charge in [0.25, 0.3) is 0 Å². The summed E-state index contributed by atoms with van der Waals surface area (Å²) in [5.74, 6) is -0.859. The van der Waals surface area contributed by atoms with Crippen molar-refractivity contribution in [2.45, 2.75) is 83.1 Å². The Balaban J connectivity index is 2.43. The van der Waals surface area contributed by atoms with Gasteiger partial charge in [0, 0.05) is 33.3 Å². The van der Waals surface area contributed by atoms with Gasteiger partial charge in [-0.15, -0.1) is 0 Å². The molecule has 0 saturated heterocycles. The van der Waals surface area contributed by atoms with Crippen LogP contribution in [0.25, 0.3) is 0 Å². The van der Waals surface area contributed by atoms with E-state index in [0.717, 1.165) is 31.2 Å². The molecule has 1 unspecified atom stereocenters. The molecule has 0 aliphatic heterocycles. The first-order chi connectivity index (χ1) is 16.3. The summed E-state index contributed by atoms with van der Waals surface area (Å²) in [6.07, 6.45) is -1.50. The van der Waals surface area contributed by atoms with Gasteiger partial charge in [-0.3, -0.25) is 9.00 Å². The van der Waals surface area contributed by atoms with Crippen molar-refractivity contribution in [2.24, 2.45) is 0 Å². The van der Waals surface area contributed by atoms with E-state index in [1.165, 1.54) is 36.4 Å². The predicted octanol–water partition coefficient (Wildman–Crippen LogP) is 7.57. The molecule has 2 atom stereocenters. The second-order valence-corrected chi connectivity index (χ2v) is 12.3. The Morgan fingerprint density at radius 2 is 1.51 bits per heavy atom. The van der Waals surface area contributed by atoms with Gasteiger partial charge in [0.05, 0.1) is 6.61 Å². The molecular weight excluding hydrogens is 473 g/mol. The lowest BCUT2D eigenvalue weighted by molar-refractivity contribution is -0.183. The van der Waals surface area contributed by atoms with Crippen LogP contribution >= 0.6 is 0 Å². The quantitative estimate of drug-likeness (QED) is 0.218. The summed E-state index contributed by atoms with van der Waals surface area (Å²) in [7, 11) is -1.85. The van der Waals surface area contributed by atoms with Gasteiger partial charge in [0.2, 0.25) is 0 Å². The molecule has 0 N–H and O–H groups in total. The van der Waals surface area contributed by atoms with Crippen molar-refractivity contribution in [3.8, 4) is 5.75 Å². The Labute approximate surface area is 209 Å². The number of aryl methyl sites for hydroxylation is 1. The van der Waals surface area contributed by atoms with Crippen LogP contribution in [0.15, 0.2) is 48.5 Å². The van der Waals surface area contributed by atoms with Crippen LogP contribution in [0.2, 0.25) is 0 Å². The molecule has 3 nitrogen and oxygen atoms in total. The number of hydrogen-bond acceptors (Lipinski definition) is 3. The van der Waals surface area contributed by atoms with Crippen LogP contribution in [-0.4, -0.2) is 33.3 Å². The fourth-order valence-electron chi connectivity index (χ4n) is 3.73. The fourth-order valence-corrected chi connectivity index (χ4v) is 5.04. The first kappa shape index (κ1) is 29.1. The second kappa shape index (κ2) is 12.2. The van der Waals surface area contributed by atoms with Gasteiger partial charge < -0.3 is 4.74 Å². The van der Waals surface area contributed by atoms with Crippen molar-refractivity contribution in [2.75, 3.05) is 12.4 Å². The third-order valence-corrected chi connectivity index (χ3v) is 8.23. The molecule has 7 heteroatoms. The molecule has 2 aromatic carbocycles. The minimum absolute atomic E-state index is 0.0820. The lowest BCUT2D eigenvalue weighted by atomic mass is 9.76. The molecule has 0 heterocycles. The van der Waals surface area contributed by atoms with E-state index in [4.69, 9.17) is 4.74 Å². The van der Waals surface area contributed by atoms with E-state index in [9.17, 15) is 22.2 Å².